The van der Waals surface area contributed by atoms with Crippen LogP contribution in [0.3, 0.4) is 0 Å². The lowest BCUT2D eigenvalue weighted by atomic mass is 9.50. The third-order valence-corrected chi connectivity index (χ3v) is 8.25. The molecule has 0 heterocycles. The molecule has 1 nitrogen and oxygen atoms in total. The van der Waals surface area contributed by atoms with Crippen molar-refractivity contribution in [2.75, 3.05) is 7.11 Å². The molecule has 1 saturated carbocycles. The summed E-state index contributed by atoms with van der Waals surface area (Å²) in [5.74, 6) is 1.80. The van der Waals surface area contributed by atoms with Crippen LogP contribution in [0.25, 0.3) is 0 Å². The molecule has 1 aromatic carbocycles. The van der Waals surface area contributed by atoms with E-state index in [-0.39, 0.29) is 0 Å². The first kappa shape index (κ1) is 14.7. The summed E-state index contributed by atoms with van der Waals surface area (Å²) >= 11 is 2.68. The van der Waals surface area contributed by atoms with E-state index in [2.05, 4.69) is 61.6 Å². The molecule has 0 aliphatic heterocycles. The Morgan fingerprint density at radius 2 is 1.95 bits per heavy atom. The maximum atomic E-state index is 5.48. The Morgan fingerprint density at radius 3 is 2.65 bits per heavy atom. The van der Waals surface area contributed by atoms with E-state index in [0.717, 1.165) is 15.6 Å². The van der Waals surface area contributed by atoms with Crippen molar-refractivity contribution in [2.45, 2.75) is 55.8 Å². The Morgan fingerprint density at radius 1 is 1.20 bits per heavy atom. The summed E-state index contributed by atoms with van der Waals surface area (Å²) in [4.78, 5) is 0. The summed E-state index contributed by atoms with van der Waals surface area (Å²) in [6.07, 6.45) is 5.21. The molecule has 0 bridgehead atoms. The summed E-state index contributed by atoms with van der Waals surface area (Å²) < 4.78 is 6.27. The van der Waals surface area contributed by atoms with Crippen LogP contribution in [0.4, 0.5) is 0 Å². The molecule has 20 heavy (non-hydrogen) atoms. The topological polar surface area (TPSA) is 9.23 Å². The fourth-order valence-corrected chi connectivity index (χ4v) is 5.50. The summed E-state index contributed by atoms with van der Waals surface area (Å²) in [7, 11) is 1.77. The van der Waals surface area contributed by atoms with Gasteiger partial charge < -0.3 is 4.74 Å². The van der Waals surface area contributed by atoms with Crippen molar-refractivity contribution in [3.8, 4) is 5.75 Å². The van der Waals surface area contributed by atoms with E-state index < -0.39 is 0 Å². The van der Waals surface area contributed by atoms with Crippen molar-refractivity contribution in [2.24, 2.45) is 11.3 Å². The van der Waals surface area contributed by atoms with Crippen molar-refractivity contribution < 1.29 is 4.74 Å². The first-order chi connectivity index (χ1) is 9.39. The molecule has 0 amide bonds. The van der Waals surface area contributed by atoms with Gasteiger partial charge in [-0.05, 0) is 65.7 Å². The Labute approximate surface area is 136 Å². The molecule has 1 fully saturated rings. The van der Waals surface area contributed by atoms with Gasteiger partial charge in [-0.3, -0.25) is 0 Å². The van der Waals surface area contributed by atoms with Gasteiger partial charge in [0.25, 0.3) is 0 Å². The number of fused-ring (bicyclic) bond motifs is 3. The van der Waals surface area contributed by atoms with Crippen LogP contribution in [-0.4, -0.2) is 11.0 Å². The lowest BCUT2D eigenvalue weighted by molar-refractivity contribution is 0.0519. The first-order valence-electron chi connectivity index (χ1n) is 7.71. The second-order valence-corrected chi connectivity index (χ2v) is 8.86. The average Bonchev–Trinajstić information content (AvgIpc) is 2.43. The number of benzene rings is 1. The van der Waals surface area contributed by atoms with Crippen LogP contribution in [0.1, 0.15) is 51.2 Å². The number of hydrogen-bond acceptors (Lipinski definition) is 1. The SMILES string of the molecule is COc1ccc2c(c1)[C@@]1(C)CC[C@H](I)C(C)(C)C1CC2. The zero-order chi connectivity index (χ0) is 14.5. The molecule has 0 N–H and O–H groups in total. The molecule has 0 radical (unpaired) electrons. The molecule has 110 valence electrons. The highest BCUT2D eigenvalue weighted by Crippen LogP contribution is 2.59. The molecule has 2 aliphatic carbocycles. The van der Waals surface area contributed by atoms with Crippen molar-refractivity contribution in [3.05, 3.63) is 29.3 Å². The molecule has 3 rings (SSSR count). The van der Waals surface area contributed by atoms with Gasteiger partial charge in [0.2, 0.25) is 0 Å². The van der Waals surface area contributed by atoms with E-state index in [0.29, 0.717) is 10.8 Å². The standard InChI is InChI=1S/C18H25IO/c1-17(2)15-8-6-12-5-7-13(20-4)11-14(12)18(15,3)10-9-16(17)19/h5,7,11,15-16H,6,8-10H2,1-4H3/t15?,16-,18+/m0/s1. The number of halogens is 1. The van der Waals surface area contributed by atoms with E-state index in [9.17, 15) is 0 Å². The average molecular weight is 384 g/mol. The third-order valence-electron chi connectivity index (χ3n) is 6.03. The smallest absolute Gasteiger partial charge is 0.119 e. The Kier molecular flexibility index (Phi) is 3.59. The molecule has 2 heteroatoms. The van der Waals surface area contributed by atoms with Gasteiger partial charge in [0.1, 0.15) is 5.75 Å². The van der Waals surface area contributed by atoms with E-state index in [1.165, 1.54) is 25.7 Å². The highest BCUT2D eigenvalue weighted by Gasteiger charge is 2.52. The van der Waals surface area contributed by atoms with Gasteiger partial charge in [-0.15, -0.1) is 0 Å². The van der Waals surface area contributed by atoms with Gasteiger partial charge >= 0.3 is 0 Å². The number of hydrogen-bond donors (Lipinski definition) is 0. The normalized spacial score (nSPS) is 35.0. The number of ether oxygens (including phenoxy) is 1. The lowest BCUT2D eigenvalue weighted by Crippen LogP contribution is -2.52. The van der Waals surface area contributed by atoms with Gasteiger partial charge in [-0.2, -0.15) is 0 Å². The lowest BCUT2D eigenvalue weighted by Gasteiger charge is -2.56. The third kappa shape index (κ3) is 2.01. The zero-order valence-electron chi connectivity index (χ0n) is 13.0. The van der Waals surface area contributed by atoms with E-state index in [4.69, 9.17) is 4.74 Å². The molecule has 0 saturated heterocycles. The number of rotatable bonds is 1. The zero-order valence-corrected chi connectivity index (χ0v) is 15.2. The second-order valence-electron chi connectivity index (χ2n) is 7.36. The Hall–Kier alpha value is -0.250. The van der Waals surface area contributed by atoms with E-state index >= 15 is 0 Å². The monoisotopic (exact) mass is 384 g/mol. The van der Waals surface area contributed by atoms with Crippen molar-refractivity contribution >= 4 is 22.6 Å². The maximum absolute atomic E-state index is 5.48. The van der Waals surface area contributed by atoms with Gasteiger partial charge in [-0.25, -0.2) is 0 Å². The van der Waals surface area contributed by atoms with Gasteiger partial charge in [0.05, 0.1) is 7.11 Å². The Bertz CT molecular complexity index is 522. The highest BCUT2D eigenvalue weighted by atomic mass is 127. The van der Waals surface area contributed by atoms with Gasteiger partial charge in [0, 0.05) is 3.92 Å². The van der Waals surface area contributed by atoms with Crippen LogP contribution >= 0.6 is 22.6 Å². The molecule has 2 aliphatic rings. The van der Waals surface area contributed by atoms with Crippen molar-refractivity contribution in [1.29, 1.82) is 0 Å². The fourth-order valence-electron chi connectivity index (χ4n) is 4.76. The second kappa shape index (κ2) is 4.89. The quantitative estimate of drug-likeness (QED) is 0.481. The molecule has 0 spiro atoms. The van der Waals surface area contributed by atoms with Crippen molar-refractivity contribution in [3.63, 3.8) is 0 Å². The van der Waals surface area contributed by atoms with Crippen LogP contribution in [0.2, 0.25) is 0 Å². The largest absolute Gasteiger partial charge is 0.497 e. The predicted molar refractivity (Wildman–Crippen MR) is 93.0 cm³/mol. The predicted octanol–water partition coefficient (Wildman–Crippen LogP) is 5.14. The summed E-state index contributed by atoms with van der Waals surface area (Å²) in [5.41, 5.74) is 3.86. The molecular weight excluding hydrogens is 359 g/mol. The molecule has 1 unspecified atom stereocenters. The molecule has 0 aromatic heterocycles. The number of alkyl halides is 1. The molecule has 3 atom stereocenters. The first-order valence-corrected chi connectivity index (χ1v) is 8.95. The van der Waals surface area contributed by atoms with E-state index in [1.807, 2.05) is 0 Å². The fraction of sp³-hybridized carbons (Fsp3) is 0.667. The summed E-state index contributed by atoms with van der Waals surface area (Å²) in [5, 5.41) is 0. The van der Waals surface area contributed by atoms with Gasteiger partial charge in [0.15, 0.2) is 0 Å². The van der Waals surface area contributed by atoms with Crippen molar-refractivity contribution in [1.82, 2.24) is 0 Å². The molecular formula is C18H25IO. The highest BCUT2D eigenvalue weighted by molar-refractivity contribution is 14.1. The Balaban J connectivity index is 2.10. The molecule has 1 aromatic rings. The minimum atomic E-state index is 0.327. The van der Waals surface area contributed by atoms with Gasteiger partial charge in [-0.1, -0.05) is 49.4 Å². The number of aryl methyl sites for hydroxylation is 1. The van der Waals surface area contributed by atoms with E-state index in [1.54, 1.807) is 18.2 Å². The minimum absolute atomic E-state index is 0.327. The van der Waals surface area contributed by atoms with Crippen LogP contribution in [0.5, 0.6) is 5.75 Å². The summed E-state index contributed by atoms with van der Waals surface area (Å²) in [6.45, 7) is 7.47. The van der Waals surface area contributed by atoms with Crippen LogP contribution in [0.15, 0.2) is 18.2 Å². The number of methoxy groups -OCH3 is 1. The van der Waals surface area contributed by atoms with Crippen LogP contribution < -0.4 is 4.74 Å². The summed E-state index contributed by atoms with van der Waals surface area (Å²) in [6, 6.07) is 6.72. The van der Waals surface area contributed by atoms with Crippen LogP contribution in [0, 0.1) is 11.3 Å². The minimum Gasteiger partial charge on any atom is -0.497 e. The van der Waals surface area contributed by atoms with Crippen LogP contribution in [-0.2, 0) is 11.8 Å². The maximum Gasteiger partial charge on any atom is 0.119 e.